The molecule has 0 unspecified atom stereocenters. The zero-order chi connectivity index (χ0) is 14.5. The summed E-state index contributed by atoms with van der Waals surface area (Å²) in [6.07, 6.45) is 0.241. The van der Waals surface area contributed by atoms with E-state index in [-0.39, 0.29) is 18.0 Å². The highest BCUT2D eigenvalue weighted by atomic mass is 19.3. The topological polar surface area (TPSA) is 26.3 Å². The maximum Gasteiger partial charge on any atom is 0.387 e. The van der Waals surface area contributed by atoms with Crippen molar-refractivity contribution in [2.75, 3.05) is 0 Å². The molecule has 0 N–H and O–H groups in total. The molecule has 0 heterocycles. The number of rotatable bonds is 5. The van der Waals surface area contributed by atoms with Crippen LogP contribution in [0.4, 0.5) is 8.78 Å². The van der Waals surface area contributed by atoms with Crippen LogP contribution >= 0.6 is 0 Å². The van der Waals surface area contributed by atoms with Gasteiger partial charge in [0.05, 0.1) is 0 Å². The molecule has 0 saturated carbocycles. The summed E-state index contributed by atoms with van der Waals surface area (Å²) in [6, 6.07) is 13.4. The molecule has 0 amide bonds. The molecule has 0 bridgehead atoms. The van der Waals surface area contributed by atoms with E-state index in [1.165, 1.54) is 18.2 Å². The van der Waals surface area contributed by atoms with Crippen molar-refractivity contribution in [1.82, 2.24) is 0 Å². The summed E-state index contributed by atoms with van der Waals surface area (Å²) in [7, 11) is 0. The van der Waals surface area contributed by atoms with Gasteiger partial charge in [0.2, 0.25) is 0 Å². The van der Waals surface area contributed by atoms with Crippen molar-refractivity contribution in [2.24, 2.45) is 0 Å². The molecule has 0 radical (unpaired) electrons. The Morgan fingerprint density at radius 1 is 1.15 bits per heavy atom. The minimum absolute atomic E-state index is 0.00404. The molecule has 2 rings (SSSR count). The van der Waals surface area contributed by atoms with E-state index in [1.807, 2.05) is 31.2 Å². The smallest absolute Gasteiger partial charge is 0.387 e. The van der Waals surface area contributed by atoms with Crippen LogP contribution in [0.3, 0.4) is 0 Å². The Hall–Kier alpha value is -2.23. The number of benzene rings is 2. The normalized spacial score (nSPS) is 10.6. The second kappa shape index (κ2) is 6.28. The van der Waals surface area contributed by atoms with Gasteiger partial charge in [-0.25, -0.2) is 0 Å². The third kappa shape index (κ3) is 3.63. The predicted molar refractivity (Wildman–Crippen MR) is 72.3 cm³/mol. The van der Waals surface area contributed by atoms with Crippen molar-refractivity contribution in [3.05, 3.63) is 65.2 Å². The lowest BCUT2D eigenvalue weighted by Gasteiger charge is -2.07. The van der Waals surface area contributed by atoms with Gasteiger partial charge in [-0.15, -0.1) is 0 Å². The quantitative estimate of drug-likeness (QED) is 0.771. The fourth-order valence-electron chi connectivity index (χ4n) is 1.93. The summed E-state index contributed by atoms with van der Waals surface area (Å²) in [5, 5.41) is 0. The monoisotopic (exact) mass is 276 g/mol. The molecule has 2 aromatic carbocycles. The summed E-state index contributed by atoms with van der Waals surface area (Å²) >= 11 is 0. The van der Waals surface area contributed by atoms with E-state index in [2.05, 4.69) is 4.74 Å². The largest absolute Gasteiger partial charge is 0.435 e. The fraction of sp³-hybridized carbons (Fsp3) is 0.188. The molecule has 0 aliphatic carbocycles. The van der Waals surface area contributed by atoms with E-state index in [9.17, 15) is 13.6 Å². The SMILES string of the molecule is Cc1ccccc1CC(=O)c1cccc(OC(F)F)c1. The summed E-state index contributed by atoms with van der Waals surface area (Å²) in [6.45, 7) is -0.962. The van der Waals surface area contributed by atoms with Gasteiger partial charge in [0, 0.05) is 12.0 Å². The summed E-state index contributed by atoms with van der Waals surface area (Å²) in [4.78, 5) is 12.2. The highest BCUT2D eigenvalue weighted by Crippen LogP contribution is 2.18. The molecule has 0 aliphatic heterocycles. The Labute approximate surface area is 116 Å². The Balaban J connectivity index is 2.15. The highest BCUT2D eigenvalue weighted by molar-refractivity contribution is 5.98. The van der Waals surface area contributed by atoms with Crippen LogP contribution in [0.15, 0.2) is 48.5 Å². The molecule has 0 saturated heterocycles. The Morgan fingerprint density at radius 2 is 1.90 bits per heavy atom. The molecule has 20 heavy (non-hydrogen) atoms. The molecule has 0 atom stereocenters. The van der Waals surface area contributed by atoms with Crippen LogP contribution in [-0.4, -0.2) is 12.4 Å². The molecule has 0 fully saturated rings. The number of aryl methyl sites for hydroxylation is 1. The Morgan fingerprint density at radius 3 is 2.60 bits per heavy atom. The molecule has 2 nitrogen and oxygen atoms in total. The molecule has 104 valence electrons. The minimum atomic E-state index is -2.89. The van der Waals surface area contributed by atoms with Gasteiger partial charge in [0.1, 0.15) is 5.75 Å². The number of alkyl halides is 2. The second-order valence-electron chi connectivity index (χ2n) is 4.43. The van der Waals surface area contributed by atoms with Crippen molar-refractivity contribution in [3.8, 4) is 5.75 Å². The number of carbonyl (C=O) groups is 1. The van der Waals surface area contributed by atoms with Gasteiger partial charge in [-0.3, -0.25) is 4.79 Å². The van der Waals surface area contributed by atoms with Gasteiger partial charge in [-0.2, -0.15) is 8.78 Å². The third-order valence-electron chi connectivity index (χ3n) is 2.99. The van der Waals surface area contributed by atoms with Gasteiger partial charge >= 0.3 is 6.61 Å². The van der Waals surface area contributed by atoms with Crippen LogP contribution in [-0.2, 0) is 6.42 Å². The third-order valence-corrected chi connectivity index (χ3v) is 2.99. The molecule has 4 heteroatoms. The fourth-order valence-corrected chi connectivity index (χ4v) is 1.93. The minimum Gasteiger partial charge on any atom is -0.435 e. The molecular formula is C16H14F2O2. The van der Waals surface area contributed by atoms with Crippen molar-refractivity contribution < 1.29 is 18.3 Å². The van der Waals surface area contributed by atoms with Gasteiger partial charge in [0.15, 0.2) is 5.78 Å². The second-order valence-corrected chi connectivity index (χ2v) is 4.43. The lowest BCUT2D eigenvalue weighted by molar-refractivity contribution is -0.0498. The first-order valence-electron chi connectivity index (χ1n) is 6.19. The number of ketones is 1. The van der Waals surface area contributed by atoms with E-state index in [0.717, 1.165) is 11.1 Å². The maximum absolute atomic E-state index is 12.2. The first kappa shape index (κ1) is 14.2. The van der Waals surface area contributed by atoms with E-state index in [0.29, 0.717) is 5.56 Å². The van der Waals surface area contributed by atoms with Crippen molar-refractivity contribution >= 4 is 5.78 Å². The molecule has 0 aromatic heterocycles. The average Bonchev–Trinajstić information content (AvgIpc) is 2.41. The Kier molecular flexibility index (Phi) is 4.45. The number of carbonyl (C=O) groups excluding carboxylic acids is 1. The number of hydrogen-bond donors (Lipinski definition) is 0. The average molecular weight is 276 g/mol. The first-order chi connectivity index (χ1) is 9.56. The van der Waals surface area contributed by atoms with Crippen LogP contribution < -0.4 is 4.74 Å². The number of halogens is 2. The number of Topliss-reactive ketones (excluding diaryl/α,β-unsaturated/α-hetero) is 1. The molecule has 2 aromatic rings. The van der Waals surface area contributed by atoms with E-state index in [4.69, 9.17) is 0 Å². The lowest BCUT2D eigenvalue weighted by atomic mass is 9.99. The summed E-state index contributed by atoms with van der Waals surface area (Å²) in [5.74, 6) is -0.130. The van der Waals surface area contributed by atoms with Gasteiger partial charge in [-0.05, 0) is 30.2 Å². The number of ether oxygens (including phenoxy) is 1. The summed E-state index contributed by atoms with van der Waals surface area (Å²) < 4.78 is 28.6. The molecule has 0 aliphatic rings. The van der Waals surface area contributed by atoms with Crippen LogP contribution in [0.2, 0.25) is 0 Å². The van der Waals surface area contributed by atoms with Crippen molar-refractivity contribution in [1.29, 1.82) is 0 Å². The lowest BCUT2D eigenvalue weighted by Crippen LogP contribution is -2.06. The van der Waals surface area contributed by atoms with E-state index in [1.54, 1.807) is 6.07 Å². The zero-order valence-electron chi connectivity index (χ0n) is 11.0. The summed E-state index contributed by atoms with van der Waals surface area (Å²) in [5.41, 5.74) is 2.32. The molecular weight excluding hydrogens is 262 g/mol. The van der Waals surface area contributed by atoms with Crippen LogP contribution in [0, 0.1) is 6.92 Å². The highest BCUT2D eigenvalue weighted by Gasteiger charge is 2.11. The van der Waals surface area contributed by atoms with Crippen LogP contribution in [0.1, 0.15) is 21.5 Å². The van der Waals surface area contributed by atoms with Gasteiger partial charge in [0.25, 0.3) is 0 Å². The predicted octanol–water partition coefficient (Wildman–Crippen LogP) is 4.02. The maximum atomic E-state index is 12.2. The van der Waals surface area contributed by atoms with Crippen molar-refractivity contribution in [3.63, 3.8) is 0 Å². The number of hydrogen-bond acceptors (Lipinski definition) is 2. The van der Waals surface area contributed by atoms with E-state index >= 15 is 0 Å². The Bertz CT molecular complexity index is 609. The van der Waals surface area contributed by atoms with E-state index < -0.39 is 6.61 Å². The molecule has 0 spiro atoms. The van der Waals surface area contributed by atoms with Crippen LogP contribution in [0.25, 0.3) is 0 Å². The first-order valence-corrected chi connectivity index (χ1v) is 6.19. The van der Waals surface area contributed by atoms with Crippen molar-refractivity contribution in [2.45, 2.75) is 20.0 Å². The standard InChI is InChI=1S/C16H14F2O2/c1-11-5-2-3-6-12(11)10-15(19)13-7-4-8-14(9-13)20-16(17)18/h2-9,16H,10H2,1H3. The van der Waals surface area contributed by atoms with Gasteiger partial charge in [-0.1, -0.05) is 36.4 Å². The zero-order valence-corrected chi connectivity index (χ0v) is 11.0. The van der Waals surface area contributed by atoms with Crippen LogP contribution in [0.5, 0.6) is 5.75 Å². The van der Waals surface area contributed by atoms with Gasteiger partial charge < -0.3 is 4.74 Å².